The summed E-state index contributed by atoms with van der Waals surface area (Å²) >= 11 is 5.98. The van der Waals surface area contributed by atoms with E-state index in [4.69, 9.17) is 16.3 Å². The highest BCUT2D eigenvalue weighted by molar-refractivity contribution is 6.30. The number of hydrogen-bond donors (Lipinski definition) is 1. The molecule has 1 fully saturated rings. The van der Waals surface area contributed by atoms with Gasteiger partial charge in [-0.1, -0.05) is 72.3 Å². The molecule has 1 aliphatic rings. The van der Waals surface area contributed by atoms with E-state index in [1.807, 2.05) is 66.7 Å². The van der Waals surface area contributed by atoms with Crippen LogP contribution in [-0.2, 0) is 11.4 Å². The minimum Gasteiger partial charge on any atom is -0.488 e. The Morgan fingerprint density at radius 2 is 1.58 bits per heavy atom. The summed E-state index contributed by atoms with van der Waals surface area (Å²) < 4.78 is 6.13. The lowest BCUT2D eigenvalue weighted by atomic mass is 10.0. The summed E-state index contributed by atoms with van der Waals surface area (Å²) in [6.45, 7) is 0.335. The SMILES string of the molecule is O=C1N/C(=C/c2c(OCc3ccc(Cl)cc3)ccc3ccccc23)C(=O)N1c1ccccc1. The van der Waals surface area contributed by atoms with Gasteiger partial charge in [-0.15, -0.1) is 0 Å². The number of hydrogen-bond acceptors (Lipinski definition) is 3. The second kappa shape index (κ2) is 8.81. The summed E-state index contributed by atoms with van der Waals surface area (Å²) in [4.78, 5) is 26.8. The van der Waals surface area contributed by atoms with Gasteiger partial charge in [0.15, 0.2) is 0 Å². The Morgan fingerprint density at radius 1 is 0.848 bits per heavy atom. The first kappa shape index (κ1) is 20.8. The van der Waals surface area contributed by atoms with Crippen LogP contribution in [0.25, 0.3) is 16.8 Å². The third-order valence-corrected chi connectivity index (χ3v) is 5.67. The molecule has 0 aromatic heterocycles. The van der Waals surface area contributed by atoms with Crippen molar-refractivity contribution in [1.29, 1.82) is 0 Å². The molecule has 4 aromatic carbocycles. The molecule has 33 heavy (non-hydrogen) atoms. The highest BCUT2D eigenvalue weighted by Gasteiger charge is 2.35. The fraction of sp³-hybridized carbons (Fsp3) is 0.0370. The lowest BCUT2D eigenvalue weighted by Crippen LogP contribution is -2.30. The van der Waals surface area contributed by atoms with E-state index in [2.05, 4.69) is 5.32 Å². The molecule has 3 amide bonds. The number of carbonyl (C=O) groups excluding carboxylic acids is 2. The van der Waals surface area contributed by atoms with Crippen LogP contribution in [0.5, 0.6) is 5.75 Å². The Bertz CT molecular complexity index is 1380. The van der Waals surface area contributed by atoms with E-state index in [9.17, 15) is 9.59 Å². The Morgan fingerprint density at radius 3 is 2.36 bits per heavy atom. The fourth-order valence-corrected chi connectivity index (χ4v) is 3.91. The number of urea groups is 1. The van der Waals surface area contributed by atoms with E-state index in [0.717, 1.165) is 26.8 Å². The number of carbonyl (C=O) groups is 2. The second-order valence-electron chi connectivity index (χ2n) is 7.58. The highest BCUT2D eigenvalue weighted by Crippen LogP contribution is 2.32. The van der Waals surface area contributed by atoms with Crippen molar-refractivity contribution >= 4 is 46.1 Å². The summed E-state index contributed by atoms with van der Waals surface area (Å²) in [6, 6.07) is 27.5. The first-order chi connectivity index (χ1) is 16.1. The monoisotopic (exact) mass is 454 g/mol. The lowest BCUT2D eigenvalue weighted by molar-refractivity contribution is -0.113. The van der Waals surface area contributed by atoms with Gasteiger partial charge in [-0.05, 0) is 52.7 Å². The fourth-order valence-electron chi connectivity index (χ4n) is 3.78. The topological polar surface area (TPSA) is 58.6 Å². The number of benzene rings is 4. The zero-order valence-electron chi connectivity index (χ0n) is 17.5. The summed E-state index contributed by atoms with van der Waals surface area (Å²) in [6.07, 6.45) is 1.68. The Labute approximate surface area is 195 Å². The van der Waals surface area contributed by atoms with Gasteiger partial charge in [-0.3, -0.25) is 4.79 Å². The molecule has 0 radical (unpaired) electrons. The molecular formula is C27H19ClN2O3. The predicted molar refractivity (Wildman–Crippen MR) is 130 cm³/mol. The van der Waals surface area contributed by atoms with Crippen LogP contribution in [0, 0.1) is 0 Å². The molecule has 6 heteroatoms. The van der Waals surface area contributed by atoms with Gasteiger partial charge in [0.2, 0.25) is 0 Å². The molecule has 1 N–H and O–H groups in total. The van der Waals surface area contributed by atoms with Crippen LogP contribution < -0.4 is 15.0 Å². The number of ether oxygens (including phenoxy) is 1. The number of nitrogens with one attached hydrogen (secondary N) is 1. The van der Waals surface area contributed by atoms with E-state index in [0.29, 0.717) is 23.1 Å². The summed E-state index contributed by atoms with van der Waals surface area (Å²) in [5.41, 5.74) is 2.39. The number of nitrogens with zero attached hydrogens (tertiary/aromatic N) is 1. The molecule has 1 aliphatic heterocycles. The van der Waals surface area contributed by atoms with Crippen molar-refractivity contribution in [3.05, 3.63) is 113 Å². The van der Waals surface area contributed by atoms with Gasteiger partial charge in [-0.25, -0.2) is 9.69 Å². The van der Waals surface area contributed by atoms with Crippen LogP contribution in [0.3, 0.4) is 0 Å². The highest BCUT2D eigenvalue weighted by atomic mass is 35.5. The van der Waals surface area contributed by atoms with E-state index in [-0.39, 0.29) is 5.70 Å². The molecule has 162 valence electrons. The smallest absolute Gasteiger partial charge is 0.333 e. The van der Waals surface area contributed by atoms with Crippen molar-refractivity contribution < 1.29 is 14.3 Å². The number of amides is 3. The van der Waals surface area contributed by atoms with Crippen LogP contribution in [0.1, 0.15) is 11.1 Å². The molecule has 5 rings (SSSR count). The molecule has 0 unspecified atom stereocenters. The van der Waals surface area contributed by atoms with Gasteiger partial charge >= 0.3 is 6.03 Å². The van der Waals surface area contributed by atoms with E-state index in [1.165, 1.54) is 0 Å². The van der Waals surface area contributed by atoms with Gasteiger partial charge in [0.1, 0.15) is 18.1 Å². The van der Waals surface area contributed by atoms with Crippen molar-refractivity contribution in [3.8, 4) is 5.75 Å². The summed E-state index contributed by atoms with van der Waals surface area (Å²) in [5, 5.41) is 5.28. The number of fused-ring (bicyclic) bond motifs is 1. The minimum atomic E-state index is -0.485. The van der Waals surface area contributed by atoms with Crippen LogP contribution in [0.4, 0.5) is 10.5 Å². The van der Waals surface area contributed by atoms with E-state index in [1.54, 1.807) is 30.3 Å². The average Bonchev–Trinajstić information content (AvgIpc) is 3.12. The van der Waals surface area contributed by atoms with Crippen molar-refractivity contribution in [1.82, 2.24) is 5.32 Å². The molecule has 0 bridgehead atoms. The van der Waals surface area contributed by atoms with Crippen LogP contribution in [-0.4, -0.2) is 11.9 Å². The Balaban J connectivity index is 1.53. The predicted octanol–water partition coefficient (Wildman–Crippen LogP) is 6.17. The van der Waals surface area contributed by atoms with Gasteiger partial charge in [0, 0.05) is 10.6 Å². The summed E-state index contributed by atoms with van der Waals surface area (Å²) in [7, 11) is 0. The molecule has 1 heterocycles. The first-order valence-corrected chi connectivity index (χ1v) is 10.8. The van der Waals surface area contributed by atoms with E-state index >= 15 is 0 Å². The first-order valence-electron chi connectivity index (χ1n) is 10.4. The average molecular weight is 455 g/mol. The Hall–Kier alpha value is -4.09. The van der Waals surface area contributed by atoms with Crippen LogP contribution >= 0.6 is 11.6 Å². The number of anilines is 1. The number of rotatable bonds is 5. The molecule has 0 aliphatic carbocycles. The number of para-hydroxylation sites is 1. The molecular weight excluding hydrogens is 436 g/mol. The third-order valence-electron chi connectivity index (χ3n) is 5.42. The number of halogens is 1. The van der Waals surface area contributed by atoms with Gasteiger partial charge in [0.25, 0.3) is 5.91 Å². The zero-order valence-corrected chi connectivity index (χ0v) is 18.3. The van der Waals surface area contributed by atoms with Crippen LogP contribution in [0.2, 0.25) is 5.02 Å². The summed E-state index contributed by atoms with van der Waals surface area (Å²) in [5.74, 6) is 0.194. The maximum absolute atomic E-state index is 13.1. The molecule has 0 saturated carbocycles. The lowest BCUT2D eigenvalue weighted by Gasteiger charge is -2.13. The van der Waals surface area contributed by atoms with Gasteiger partial charge in [-0.2, -0.15) is 0 Å². The van der Waals surface area contributed by atoms with Crippen molar-refractivity contribution in [2.24, 2.45) is 0 Å². The number of imide groups is 1. The Kier molecular flexibility index (Phi) is 5.55. The largest absolute Gasteiger partial charge is 0.488 e. The molecule has 5 nitrogen and oxygen atoms in total. The molecule has 4 aromatic rings. The van der Waals surface area contributed by atoms with Gasteiger partial charge in [0.05, 0.1) is 5.69 Å². The normalized spacial score (nSPS) is 14.7. The molecule has 1 saturated heterocycles. The zero-order chi connectivity index (χ0) is 22.8. The third kappa shape index (κ3) is 4.19. The maximum Gasteiger partial charge on any atom is 0.333 e. The maximum atomic E-state index is 13.1. The van der Waals surface area contributed by atoms with E-state index < -0.39 is 11.9 Å². The van der Waals surface area contributed by atoms with Gasteiger partial charge < -0.3 is 10.1 Å². The van der Waals surface area contributed by atoms with Crippen molar-refractivity contribution in [2.75, 3.05) is 4.90 Å². The second-order valence-corrected chi connectivity index (χ2v) is 8.01. The quantitative estimate of drug-likeness (QED) is 0.290. The molecule has 0 atom stereocenters. The minimum absolute atomic E-state index is 0.191. The molecule has 0 spiro atoms. The standard InChI is InChI=1S/C27H19ClN2O3/c28-20-13-10-18(11-14-20)17-33-25-15-12-19-6-4-5-9-22(19)23(25)16-24-26(31)30(27(32)29-24)21-7-2-1-3-8-21/h1-16H,17H2,(H,29,32)/b24-16+. The van der Waals surface area contributed by atoms with Crippen molar-refractivity contribution in [3.63, 3.8) is 0 Å². The van der Waals surface area contributed by atoms with Crippen LogP contribution in [0.15, 0.2) is 96.7 Å². The van der Waals surface area contributed by atoms with Crippen molar-refractivity contribution in [2.45, 2.75) is 6.61 Å².